The predicted octanol–water partition coefficient (Wildman–Crippen LogP) is 2.19. The number of alkyl halides is 4. The summed E-state index contributed by atoms with van der Waals surface area (Å²) in [4.78, 5) is 0. The normalized spacial score (nSPS) is 16.7. The summed E-state index contributed by atoms with van der Waals surface area (Å²) in [7, 11) is 0. The van der Waals surface area contributed by atoms with E-state index in [1.54, 1.807) is 0 Å². The van der Waals surface area contributed by atoms with E-state index >= 15 is 0 Å². The van der Waals surface area contributed by atoms with Crippen LogP contribution in [0.15, 0.2) is 0 Å². The van der Waals surface area contributed by atoms with Crippen molar-refractivity contribution in [2.45, 2.75) is 10.1 Å². The number of hydrogen-bond donors (Lipinski definition) is 0. The second-order valence-corrected chi connectivity index (χ2v) is 2.45. The molecule has 0 N–H and O–H groups in total. The molecule has 1 radical (unpaired) electrons. The van der Waals surface area contributed by atoms with E-state index in [1.807, 2.05) is 0 Å². The summed E-state index contributed by atoms with van der Waals surface area (Å²) in [6.45, 7) is 2.49. The van der Waals surface area contributed by atoms with Crippen molar-refractivity contribution in [2.75, 3.05) is 0 Å². The molecule has 0 fully saturated rings. The highest BCUT2D eigenvalue weighted by atomic mass is 127. The van der Waals surface area contributed by atoms with E-state index in [9.17, 15) is 13.2 Å². The van der Waals surface area contributed by atoms with Crippen molar-refractivity contribution in [1.29, 1.82) is 0 Å². The first-order chi connectivity index (χ1) is 2.94. The molecule has 7 heavy (non-hydrogen) atoms. The Morgan fingerprint density at radius 1 is 1.57 bits per heavy atom. The average molecular weight is 223 g/mol. The summed E-state index contributed by atoms with van der Waals surface area (Å²) < 4.78 is 30.8. The van der Waals surface area contributed by atoms with Crippen LogP contribution in [0.5, 0.6) is 0 Å². The van der Waals surface area contributed by atoms with Gasteiger partial charge in [0, 0.05) is 22.6 Å². The van der Waals surface area contributed by atoms with Crippen LogP contribution in [0.25, 0.3) is 0 Å². The lowest BCUT2D eigenvalue weighted by Gasteiger charge is -2.06. The first kappa shape index (κ1) is 7.52. The van der Waals surface area contributed by atoms with Crippen LogP contribution in [0.1, 0.15) is 0 Å². The average Bonchev–Trinajstić information content (AvgIpc) is 1.31. The molecule has 43 valence electrons. The van der Waals surface area contributed by atoms with Gasteiger partial charge in [-0.1, -0.05) is 0 Å². The van der Waals surface area contributed by atoms with Crippen molar-refractivity contribution >= 4 is 22.6 Å². The molecule has 4 heteroatoms. The minimum atomic E-state index is -3.31. The Labute approximate surface area is 53.2 Å². The molecule has 0 saturated heterocycles. The molecule has 0 rings (SSSR count). The standard InChI is InChI=1S/C3H3F3I/c1-2(4)3(5,6)7/h2H,1H2. The van der Waals surface area contributed by atoms with Crippen LogP contribution in [-0.2, 0) is 0 Å². The van der Waals surface area contributed by atoms with Crippen molar-refractivity contribution in [1.82, 2.24) is 0 Å². The van der Waals surface area contributed by atoms with Crippen LogP contribution in [0.3, 0.4) is 0 Å². The molecule has 0 amide bonds. The van der Waals surface area contributed by atoms with Crippen LogP contribution in [0.4, 0.5) is 13.2 Å². The van der Waals surface area contributed by atoms with E-state index in [2.05, 4.69) is 6.92 Å². The fraction of sp³-hybridized carbons (Fsp3) is 0.667. The minimum Gasteiger partial charge on any atom is -0.240 e. The topological polar surface area (TPSA) is 0 Å². The molecule has 0 aliphatic rings. The minimum absolute atomic E-state index is 0.696. The summed E-state index contributed by atoms with van der Waals surface area (Å²) in [5, 5.41) is 0. The van der Waals surface area contributed by atoms with Gasteiger partial charge in [0.25, 0.3) is 0 Å². The lowest BCUT2D eigenvalue weighted by atomic mass is 10.5. The fourth-order valence-electron chi connectivity index (χ4n) is 0. The molecule has 0 saturated carbocycles. The van der Waals surface area contributed by atoms with Gasteiger partial charge in [0.15, 0.2) is 6.17 Å². The van der Waals surface area contributed by atoms with Gasteiger partial charge in [0.2, 0.25) is 0 Å². The van der Waals surface area contributed by atoms with E-state index in [0.29, 0.717) is 22.6 Å². The molecule has 1 atom stereocenters. The monoisotopic (exact) mass is 223 g/mol. The van der Waals surface area contributed by atoms with Gasteiger partial charge >= 0.3 is 3.93 Å². The first-order valence-electron chi connectivity index (χ1n) is 1.48. The molecule has 0 spiro atoms. The van der Waals surface area contributed by atoms with Crippen LogP contribution in [0.2, 0.25) is 0 Å². The summed E-state index contributed by atoms with van der Waals surface area (Å²) in [5.41, 5.74) is 0. The Kier molecular flexibility index (Phi) is 2.35. The van der Waals surface area contributed by atoms with Crippen molar-refractivity contribution < 1.29 is 13.2 Å². The Hall–Kier alpha value is 0.520. The van der Waals surface area contributed by atoms with Crippen LogP contribution in [-0.4, -0.2) is 10.1 Å². The molecule has 0 nitrogen and oxygen atoms in total. The second kappa shape index (κ2) is 2.19. The van der Waals surface area contributed by atoms with E-state index in [1.165, 1.54) is 0 Å². The molecule has 0 aromatic heterocycles. The molecule has 0 heterocycles. The highest BCUT2D eigenvalue weighted by Gasteiger charge is 2.32. The van der Waals surface area contributed by atoms with Crippen LogP contribution < -0.4 is 0 Å². The maximum absolute atomic E-state index is 11.4. The number of hydrogen-bond acceptors (Lipinski definition) is 0. The lowest BCUT2D eigenvalue weighted by Crippen LogP contribution is -2.18. The van der Waals surface area contributed by atoms with Crippen molar-refractivity contribution in [2.24, 2.45) is 0 Å². The third-order valence-corrected chi connectivity index (χ3v) is 1.03. The SMILES string of the molecule is [CH2]C(F)C(F)(F)I. The van der Waals surface area contributed by atoms with Gasteiger partial charge < -0.3 is 0 Å². The van der Waals surface area contributed by atoms with E-state index in [-0.39, 0.29) is 0 Å². The Morgan fingerprint density at radius 3 is 1.71 bits per heavy atom. The Bertz CT molecular complexity index is 55.7. The quantitative estimate of drug-likeness (QED) is 0.472. The lowest BCUT2D eigenvalue weighted by molar-refractivity contribution is 0.0552. The predicted molar refractivity (Wildman–Crippen MR) is 29.2 cm³/mol. The summed E-state index contributed by atoms with van der Waals surface area (Å²) in [5.74, 6) is 0. The van der Waals surface area contributed by atoms with Gasteiger partial charge in [0.05, 0.1) is 0 Å². The summed E-state index contributed by atoms with van der Waals surface area (Å²) in [6, 6.07) is 0. The van der Waals surface area contributed by atoms with Gasteiger partial charge in [-0.25, -0.2) is 4.39 Å². The molecular formula is C3H3F3I. The molecule has 1 unspecified atom stereocenters. The van der Waals surface area contributed by atoms with Crippen molar-refractivity contribution in [3.8, 4) is 0 Å². The summed E-state index contributed by atoms with van der Waals surface area (Å²) >= 11 is 0.696. The van der Waals surface area contributed by atoms with Gasteiger partial charge in [-0.3, -0.25) is 0 Å². The fourth-order valence-corrected chi connectivity index (χ4v) is 0. The first-order valence-corrected chi connectivity index (χ1v) is 2.56. The summed E-state index contributed by atoms with van der Waals surface area (Å²) in [6.07, 6.45) is -2.30. The molecule has 0 aromatic carbocycles. The molecule has 0 aliphatic heterocycles. The van der Waals surface area contributed by atoms with Crippen molar-refractivity contribution in [3.05, 3.63) is 6.92 Å². The molecule has 0 bridgehead atoms. The highest BCUT2D eigenvalue weighted by Crippen LogP contribution is 2.27. The number of halogens is 4. The van der Waals surface area contributed by atoms with E-state index in [4.69, 9.17) is 0 Å². The number of rotatable bonds is 1. The second-order valence-electron chi connectivity index (χ2n) is 1.01. The smallest absolute Gasteiger partial charge is 0.240 e. The van der Waals surface area contributed by atoms with Gasteiger partial charge in [0.1, 0.15) is 0 Å². The highest BCUT2D eigenvalue weighted by molar-refractivity contribution is 14.1. The van der Waals surface area contributed by atoms with E-state index in [0.717, 1.165) is 0 Å². The molecule has 0 aromatic rings. The van der Waals surface area contributed by atoms with Crippen LogP contribution in [0, 0.1) is 6.92 Å². The maximum atomic E-state index is 11.4. The Balaban J connectivity index is 3.54. The largest absolute Gasteiger partial charge is 0.326 e. The zero-order chi connectivity index (χ0) is 6.08. The third kappa shape index (κ3) is 3.13. The maximum Gasteiger partial charge on any atom is 0.326 e. The van der Waals surface area contributed by atoms with Gasteiger partial charge in [-0.2, -0.15) is 8.78 Å². The zero-order valence-electron chi connectivity index (χ0n) is 3.30. The van der Waals surface area contributed by atoms with Crippen LogP contribution >= 0.6 is 22.6 Å². The van der Waals surface area contributed by atoms with Gasteiger partial charge in [-0.05, 0) is 6.92 Å². The third-order valence-electron chi connectivity index (χ3n) is 0.355. The van der Waals surface area contributed by atoms with E-state index < -0.39 is 10.1 Å². The molecule has 0 aliphatic carbocycles. The van der Waals surface area contributed by atoms with Gasteiger partial charge in [-0.15, -0.1) is 0 Å². The Morgan fingerprint density at radius 2 is 1.71 bits per heavy atom. The molecular weight excluding hydrogens is 220 g/mol. The van der Waals surface area contributed by atoms with Crippen molar-refractivity contribution in [3.63, 3.8) is 0 Å². The zero-order valence-corrected chi connectivity index (χ0v) is 5.45.